The molecule has 0 bridgehead atoms. The standard InChI is InChI=1S/C12H26N4/c1-13-11-4-5-16(8-11)10-12-9-14(2)6-7-15(12)3/h11-13H,4-10H2,1-3H3. The molecule has 4 heteroatoms. The van der Waals surface area contributed by atoms with E-state index in [2.05, 4.69) is 41.2 Å². The van der Waals surface area contributed by atoms with E-state index in [1.807, 2.05) is 0 Å². The summed E-state index contributed by atoms with van der Waals surface area (Å²) in [7, 11) is 6.58. The first-order valence-electron chi connectivity index (χ1n) is 6.47. The topological polar surface area (TPSA) is 21.8 Å². The van der Waals surface area contributed by atoms with Crippen molar-refractivity contribution in [3.8, 4) is 0 Å². The van der Waals surface area contributed by atoms with Gasteiger partial charge in [-0.1, -0.05) is 0 Å². The van der Waals surface area contributed by atoms with Crippen LogP contribution < -0.4 is 5.32 Å². The van der Waals surface area contributed by atoms with Crippen molar-refractivity contribution in [2.24, 2.45) is 0 Å². The Balaban J connectivity index is 1.80. The fourth-order valence-corrected chi connectivity index (χ4v) is 2.83. The SMILES string of the molecule is CNC1CCN(CC2CN(C)CCN2C)C1. The number of piperazine rings is 1. The van der Waals surface area contributed by atoms with Gasteiger partial charge in [-0.2, -0.15) is 0 Å². The van der Waals surface area contributed by atoms with Gasteiger partial charge in [-0.3, -0.25) is 4.90 Å². The van der Waals surface area contributed by atoms with Crippen molar-refractivity contribution in [1.82, 2.24) is 20.0 Å². The number of nitrogens with zero attached hydrogens (tertiary/aromatic N) is 3. The van der Waals surface area contributed by atoms with E-state index in [1.54, 1.807) is 0 Å². The quantitative estimate of drug-likeness (QED) is 0.702. The lowest BCUT2D eigenvalue weighted by molar-refractivity contribution is 0.0885. The Morgan fingerprint density at radius 1 is 1.12 bits per heavy atom. The summed E-state index contributed by atoms with van der Waals surface area (Å²) in [5.74, 6) is 0. The fraction of sp³-hybridized carbons (Fsp3) is 1.00. The van der Waals surface area contributed by atoms with E-state index in [1.165, 1.54) is 45.7 Å². The zero-order valence-corrected chi connectivity index (χ0v) is 10.9. The molecule has 2 heterocycles. The normalized spacial score (nSPS) is 34.7. The molecule has 2 aliphatic heterocycles. The summed E-state index contributed by atoms with van der Waals surface area (Å²) in [6.45, 7) is 7.37. The Kier molecular flexibility index (Phi) is 4.19. The lowest BCUT2D eigenvalue weighted by Gasteiger charge is -2.39. The third kappa shape index (κ3) is 2.94. The molecule has 0 radical (unpaired) electrons. The van der Waals surface area contributed by atoms with E-state index in [-0.39, 0.29) is 0 Å². The number of likely N-dealkylation sites (tertiary alicyclic amines) is 1. The van der Waals surface area contributed by atoms with Crippen LogP contribution in [0.1, 0.15) is 6.42 Å². The van der Waals surface area contributed by atoms with E-state index in [9.17, 15) is 0 Å². The average Bonchev–Trinajstić information content (AvgIpc) is 2.71. The van der Waals surface area contributed by atoms with E-state index in [0.717, 1.165) is 0 Å². The molecule has 94 valence electrons. The molecule has 0 aliphatic carbocycles. The van der Waals surface area contributed by atoms with Crippen LogP contribution in [0.15, 0.2) is 0 Å². The third-order valence-electron chi connectivity index (χ3n) is 4.13. The Morgan fingerprint density at radius 3 is 2.62 bits per heavy atom. The maximum atomic E-state index is 3.39. The van der Waals surface area contributed by atoms with Gasteiger partial charge in [0.05, 0.1) is 0 Å². The van der Waals surface area contributed by atoms with E-state index in [4.69, 9.17) is 0 Å². The molecule has 2 aliphatic rings. The Labute approximate surface area is 99.6 Å². The molecule has 0 aromatic heterocycles. The van der Waals surface area contributed by atoms with Gasteiger partial charge in [0, 0.05) is 44.8 Å². The van der Waals surface area contributed by atoms with Gasteiger partial charge < -0.3 is 15.1 Å². The molecular formula is C12H26N4. The first-order chi connectivity index (χ1) is 7.69. The minimum Gasteiger partial charge on any atom is -0.316 e. The first-order valence-corrected chi connectivity index (χ1v) is 6.47. The summed E-state index contributed by atoms with van der Waals surface area (Å²) in [6, 6.07) is 1.43. The maximum Gasteiger partial charge on any atom is 0.0347 e. The molecule has 16 heavy (non-hydrogen) atoms. The minimum atomic E-state index is 0.714. The molecule has 2 rings (SSSR count). The summed E-state index contributed by atoms with van der Waals surface area (Å²) in [5.41, 5.74) is 0. The lowest BCUT2D eigenvalue weighted by atomic mass is 10.2. The van der Waals surface area contributed by atoms with Gasteiger partial charge in [0.15, 0.2) is 0 Å². The van der Waals surface area contributed by atoms with E-state index < -0.39 is 0 Å². The van der Waals surface area contributed by atoms with Gasteiger partial charge in [-0.25, -0.2) is 0 Å². The van der Waals surface area contributed by atoms with E-state index in [0.29, 0.717) is 12.1 Å². The van der Waals surface area contributed by atoms with Crippen LogP contribution in [0.5, 0.6) is 0 Å². The monoisotopic (exact) mass is 226 g/mol. The molecule has 4 nitrogen and oxygen atoms in total. The average molecular weight is 226 g/mol. The van der Waals surface area contributed by atoms with Gasteiger partial charge in [0.25, 0.3) is 0 Å². The number of rotatable bonds is 3. The van der Waals surface area contributed by atoms with Crippen LogP contribution in [0.3, 0.4) is 0 Å². The zero-order chi connectivity index (χ0) is 11.5. The molecule has 0 saturated carbocycles. The molecule has 2 saturated heterocycles. The second-order valence-corrected chi connectivity index (χ2v) is 5.43. The van der Waals surface area contributed by atoms with Crippen molar-refractivity contribution in [3.63, 3.8) is 0 Å². The number of hydrogen-bond acceptors (Lipinski definition) is 4. The highest BCUT2D eigenvalue weighted by Gasteiger charge is 2.27. The Morgan fingerprint density at radius 2 is 1.94 bits per heavy atom. The fourth-order valence-electron chi connectivity index (χ4n) is 2.83. The van der Waals surface area contributed by atoms with Crippen LogP contribution in [0.2, 0.25) is 0 Å². The van der Waals surface area contributed by atoms with Crippen molar-refractivity contribution < 1.29 is 0 Å². The zero-order valence-electron chi connectivity index (χ0n) is 10.9. The van der Waals surface area contributed by atoms with Crippen LogP contribution in [-0.4, -0.2) is 87.2 Å². The van der Waals surface area contributed by atoms with E-state index >= 15 is 0 Å². The first kappa shape index (κ1) is 12.3. The van der Waals surface area contributed by atoms with Crippen molar-refractivity contribution >= 4 is 0 Å². The van der Waals surface area contributed by atoms with Gasteiger partial charge in [-0.15, -0.1) is 0 Å². The second kappa shape index (κ2) is 5.45. The molecule has 2 atom stereocenters. The van der Waals surface area contributed by atoms with Gasteiger partial charge >= 0.3 is 0 Å². The van der Waals surface area contributed by atoms with Crippen LogP contribution >= 0.6 is 0 Å². The molecule has 2 fully saturated rings. The smallest absolute Gasteiger partial charge is 0.0347 e. The highest BCUT2D eigenvalue weighted by molar-refractivity contribution is 4.86. The second-order valence-electron chi connectivity index (χ2n) is 5.43. The summed E-state index contributed by atoms with van der Waals surface area (Å²) in [5, 5.41) is 3.39. The third-order valence-corrected chi connectivity index (χ3v) is 4.13. The van der Waals surface area contributed by atoms with Crippen molar-refractivity contribution in [1.29, 1.82) is 0 Å². The Bertz CT molecular complexity index is 221. The molecule has 0 amide bonds. The molecular weight excluding hydrogens is 200 g/mol. The molecule has 0 aromatic carbocycles. The van der Waals surface area contributed by atoms with Crippen LogP contribution in [0.4, 0.5) is 0 Å². The summed E-state index contributed by atoms with van der Waals surface area (Å²) < 4.78 is 0. The highest BCUT2D eigenvalue weighted by atomic mass is 15.3. The number of hydrogen-bond donors (Lipinski definition) is 1. The molecule has 1 N–H and O–H groups in total. The maximum absolute atomic E-state index is 3.39. The Hall–Kier alpha value is -0.160. The lowest BCUT2D eigenvalue weighted by Crippen LogP contribution is -2.54. The van der Waals surface area contributed by atoms with Crippen LogP contribution in [0.25, 0.3) is 0 Å². The number of likely N-dealkylation sites (N-methyl/N-ethyl adjacent to an activating group) is 3. The van der Waals surface area contributed by atoms with Crippen molar-refractivity contribution in [2.45, 2.75) is 18.5 Å². The highest BCUT2D eigenvalue weighted by Crippen LogP contribution is 2.13. The summed E-state index contributed by atoms with van der Waals surface area (Å²) >= 11 is 0. The summed E-state index contributed by atoms with van der Waals surface area (Å²) in [4.78, 5) is 7.59. The number of nitrogens with one attached hydrogen (secondary N) is 1. The van der Waals surface area contributed by atoms with Crippen molar-refractivity contribution in [2.75, 3.05) is 60.4 Å². The molecule has 0 spiro atoms. The van der Waals surface area contributed by atoms with Gasteiger partial charge in [0.2, 0.25) is 0 Å². The largest absolute Gasteiger partial charge is 0.316 e. The predicted molar refractivity (Wildman–Crippen MR) is 67.8 cm³/mol. The minimum absolute atomic E-state index is 0.714. The van der Waals surface area contributed by atoms with Gasteiger partial charge in [0.1, 0.15) is 0 Å². The molecule has 2 unspecified atom stereocenters. The summed E-state index contributed by atoms with van der Waals surface area (Å²) in [6.07, 6.45) is 1.31. The predicted octanol–water partition coefficient (Wildman–Crippen LogP) is -0.474. The van der Waals surface area contributed by atoms with Crippen LogP contribution in [0, 0.1) is 0 Å². The van der Waals surface area contributed by atoms with Crippen LogP contribution in [-0.2, 0) is 0 Å². The molecule has 0 aromatic rings. The van der Waals surface area contributed by atoms with Crippen molar-refractivity contribution in [3.05, 3.63) is 0 Å². The van der Waals surface area contributed by atoms with Gasteiger partial charge in [-0.05, 0) is 34.1 Å².